The second kappa shape index (κ2) is 7.14. The van der Waals surface area contributed by atoms with Crippen LogP contribution in [-0.4, -0.2) is 36.1 Å². The summed E-state index contributed by atoms with van der Waals surface area (Å²) in [5.74, 6) is 1.09. The van der Waals surface area contributed by atoms with E-state index in [0.29, 0.717) is 29.4 Å². The van der Waals surface area contributed by atoms with Crippen LogP contribution in [0.5, 0.6) is 0 Å². The van der Waals surface area contributed by atoms with Crippen molar-refractivity contribution in [2.75, 3.05) is 4.90 Å². The summed E-state index contributed by atoms with van der Waals surface area (Å²) in [7, 11) is 0. The van der Waals surface area contributed by atoms with Crippen molar-refractivity contribution in [3.63, 3.8) is 0 Å². The van der Waals surface area contributed by atoms with Crippen LogP contribution in [0.3, 0.4) is 0 Å². The number of pyridine rings is 2. The predicted octanol–water partition coefficient (Wildman–Crippen LogP) is 3.54. The smallest absolute Gasteiger partial charge is 0.260 e. The summed E-state index contributed by atoms with van der Waals surface area (Å²) >= 11 is 0. The molecule has 0 fully saturated rings. The van der Waals surface area contributed by atoms with Crippen molar-refractivity contribution in [1.82, 2.24) is 30.2 Å². The van der Waals surface area contributed by atoms with Crippen LogP contribution in [0.2, 0.25) is 0 Å². The van der Waals surface area contributed by atoms with Crippen LogP contribution >= 0.6 is 0 Å². The molecule has 3 aromatic heterocycles. The van der Waals surface area contributed by atoms with Crippen LogP contribution in [0.15, 0.2) is 60.9 Å². The fraction of sp³-hybridized carbons (Fsp3) is 0.182. The van der Waals surface area contributed by atoms with Crippen LogP contribution in [0.1, 0.15) is 35.8 Å². The van der Waals surface area contributed by atoms with Gasteiger partial charge in [0, 0.05) is 23.5 Å². The van der Waals surface area contributed by atoms with Gasteiger partial charge in [0.2, 0.25) is 5.82 Å². The van der Waals surface area contributed by atoms with Crippen molar-refractivity contribution in [1.29, 1.82) is 0 Å². The number of rotatable bonds is 4. The third-order valence-electron chi connectivity index (χ3n) is 5.13. The summed E-state index contributed by atoms with van der Waals surface area (Å²) in [4.78, 5) is 23.7. The van der Waals surface area contributed by atoms with Crippen LogP contribution in [0.25, 0.3) is 22.6 Å². The zero-order chi connectivity index (χ0) is 20.7. The lowest BCUT2D eigenvalue weighted by Crippen LogP contribution is -2.24. The maximum atomic E-state index is 13.2. The van der Waals surface area contributed by atoms with E-state index >= 15 is 0 Å². The predicted molar refractivity (Wildman–Crippen MR) is 112 cm³/mol. The van der Waals surface area contributed by atoms with Crippen molar-refractivity contribution in [3.05, 3.63) is 72.1 Å². The molecule has 5 rings (SSSR count). The number of aromatic nitrogens is 6. The van der Waals surface area contributed by atoms with Crippen molar-refractivity contribution in [2.45, 2.75) is 26.4 Å². The minimum absolute atomic E-state index is 0.0659. The molecule has 0 N–H and O–H groups in total. The Bertz CT molecular complexity index is 1230. The summed E-state index contributed by atoms with van der Waals surface area (Å²) < 4.78 is 1.72. The highest BCUT2D eigenvalue weighted by atomic mass is 16.2. The van der Waals surface area contributed by atoms with Gasteiger partial charge in [-0.1, -0.05) is 24.3 Å². The molecular formula is C22H19N7O. The van der Waals surface area contributed by atoms with Gasteiger partial charge in [0.25, 0.3) is 5.91 Å². The molecule has 0 aliphatic carbocycles. The second-order valence-corrected chi connectivity index (χ2v) is 7.43. The number of carbonyl (C=O) groups is 1. The molecule has 0 radical (unpaired) electrons. The fourth-order valence-corrected chi connectivity index (χ4v) is 3.61. The number of fused-ring (bicyclic) bond motifs is 1. The van der Waals surface area contributed by atoms with Gasteiger partial charge < -0.3 is 0 Å². The minimum Gasteiger partial charge on any atom is -0.288 e. The number of hydrogen-bond acceptors (Lipinski definition) is 6. The molecule has 4 aromatic rings. The molecule has 1 aromatic carbocycles. The molecule has 8 nitrogen and oxygen atoms in total. The third-order valence-corrected chi connectivity index (χ3v) is 5.13. The third kappa shape index (κ3) is 3.02. The first-order valence-corrected chi connectivity index (χ1v) is 9.72. The zero-order valence-corrected chi connectivity index (χ0v) is 16.6. The van der Waals surface area contributed by atoms with E-state index in [2.05, 4.69) is 25.5 Å². The lowest BCUT2D eigenvalue weighted by molar-refractivity contribution is 0.0996. The highest BCUT2D eigenvalue weighted by Crippen LogP contribution is 2.31. The number of tetrazole rings is 1. The monoisotopic (exact) mass is 397 g/mol. The summed E-state index contributed by atoms with van der Waals surface area (Å²) in [5.41, 5.74) is 4.25. The maximum Gasteiger partial charge on any atom is 0.260 e. The van der Waals surface area contributed by atoms with Crippen molar-refractivity contribution >= 4 is 11.7 Å². The average molecular weight is 397 g/mol. The minimum atomic E-state index is -0.0659. The van der Waals surface area contributed by atoms with Gasteiger partial charge in [-0.3, -0.25) is 14.7 Å². The van der Waals surface area contributed by atoms with Crippen LogP contribution in [-0.2, 0) is 6.54 Å². The Morgan fingerprint density at radius 1 is 1.03 bits per heavy atom. The number of nitrogens with zero attached hydrogens (tertiary/aromatic N) is 7. The largest absolute Gasteiger partial charge is 0.288 e. The molecule has 0 saturated carbocycles. The van der Waals surface area contributed by atoms with Gasteiger partial charge in [0.05, 0.1) is 12.6 Å². The van der Waals surface area contributed by atoms with Crippen molar-refractivity contribution in [3.8, 4) is 22.6 Å². The number of carbonyl (C=O) groups excluding carboxylic acids is 1. The van der Waals surface area contributed by atoms with Crippen molar-refractivity contribution < 1.29 is 4.79 Å². The summed E-state index contributed by atoms with van der Waals surface area (Å²) in [6, 6.07) is 15.5. The van der Waals surface area contributed by atoms with E-state index in [0.717, 1.165) is 16.7 Å². The molecule has 8 heteroatoms. The molecule has 1 amide bonds. The van der Waals surface area contributed by atoms with Gasteiger partial charge in [0.15, 0.2) is 0 Å². The highest BCUT2D eigenvalue weighted by Gasteiger charge is 2.30. The quantitative estimate of drug-likeness (QED) is 0.523. The lowest BCUT2D eigenvalue weighted by atomic mass is 10.0. The van der Waals surface area contributed by atoms with Crippen LogP contribution < -0.4 is 4.90 Å². The lowest BCUT2D eigenvalue weighted by Gasteiger charge is -2.15. The van der Waals surface area contributed by atoms with Crippen molar-refractivity contribution in [2.24, 2.45) is 0 Å². The van der Waals surface area contributed by atoms with E-state index in [1.165, 1.54) is 0 Å². The number of benzene rings is 1. The van der Waals surface area contributed by atoms with E-state index in [-0.39, 0.29) is 11.9 Å². The first-order chi connectivity index (χ1) is 14.6. The van der Waals surface area contributed by atoms with Gasteiger partial charge in [-0.05, 0) is 59.7 Å². The van der Waals surface area contributed by atoms with E-state index in [1.807, 2.05) is 62.4 Å². The van der Waals surface area contributed by atoms with E-state index < -0.39 is 0 Å². The van der Waals surface area contributed by atoms with Gasteiger partial charge >= 0.3 is 0 Å². The molecule has 0 bridgehead atoms. The van der Waals surface area contributed by atoms with Gasteiger partial charge in [-0.25, -0.2) is 9.67 Å². The molecule has 0 saturated heterocycles. The molecule has 4 heterocycles. The van der Waals surface area contributed by atoms with Gasteiger partial charge in [0.1, 0.15) is 11.5 Å². The molecular weight excluding hydrogens is 378 g/mol. The normalized spacial score (nSPS) is 13.2. The van der Waals surface area contributed by atoms with Crippen LogP contribution in [0.4, 0.5) is 5.82 Å². The highest BCUT2D eigenvalue weighted by molar-refractivity contribution is 6.10. The average Bonchev–Trinajstić information content (AvgIpc) is 3.40. The molecule has 1 aliphatic heterocycles. The second-order valence-electron chi connectivity index (χ2n) is 7.43. The summed E-state index contributed by atoms with van der Waals surface area (Å²) in [5, 5.41) is 11.9. The molecule has 0 atom stereocenters. The summed E-state index contributed by atoms with van der Waals surface area (Å²) in [6.45, 7) is 4.49. The number of amides is 1. The Morgan fingerprint density at radius 3 is 2.73 bits per heavy atom. The Balaban J connectivity index is 1.48. The SMILES string of the molecule is CC(C)n1nnnc1-c1cccc(N2Cc3ccc(-c4cccnc4)cc3C2=O)n1. The van der Waals surface area contributed by atoms with E-state index in [9.17, 15) is 4.79 Å². The number of anilines is 1. The van der Waals surface area contributed by atoms with Gasteiger partial charge in [-0.15, -0.1) is 5.10 Å². The standard InChI is InChI=1S/C22H19N7O/c1-14(2)29-21(25-26-27-29)19-6-3-7-20(24-19)28-13-17-9-8-15(11-18(17)22(28)30)16-5-4-10-23-12-16/h3-12,14H,13H2,1-2H3. The fourth-order valence-electron chi connectivity index (χ4n) is 3.61. The Labute approximate surface area is 173 Å². The molecule has 0 unspecified atom stereocenters. The zero-order valence-electron chi connectivity index (χ0n) is 16.6. The Morgan fingerprint density at radius 2 is 1.93 bits per heavy atom. The summed E-state index contributed by atoms with van der Waals surface area (Å²) in [6.07, 6.45) is 3.53. The molecule has 1 aliphatic rings. The number of hydrogen-bond donors (Lipinski definition) is 0. The Kier molecular flexibility index (Phi) is 4.31. The van der Waals surface area contributed by atoms with Gasteiger partial charge in [-0.2, -0.15) is 0 Å². The Hall–Kier alpha value is -3.94. The maximum absolute atomic E-state index is 13.2. The first kappa shape index (κ1) is 18.1. The van der Waals surface area contributed by atoms with Crippen LogP contribution in [0, 0.1) is 0 Å². The van der Waals surface area contributed by atoms with E-state index in [1.54, 1.807) is 22.0 Å². The first-order valence-electron chi connectivity index (χ1n) is 9.72. The molecule has 0 spiro atoms. The van der Waals surface area contributed by atoms with E-state index in [4.69, 9.17) is 0 Å². The topological polar surface area (TPSA) is 89.7 Å². The molecule has 148 valence electrons. The molecule has 30 heavy (non-hydrogen) atoms.